The van der Waals surface area contributed by atoms with Gasteiger partial charge in [0.15, 0.2) is 6.19 Å². The van der Waals surface area contributed by atoms with Crippen LogP contribution in [0.1, 0.15) is 34.1 Å². The molecule has 0 amide bonds. The lowest BCUT2D eigenvalue weighted by Gasteiger charge is -2.17. The maximum absolute atomic E-state index is 9.79. The van der Waals surface area contributed by atoms with Crippen molar-refractivity contribution in [2.45, 2.75) is 39.7 Å². The number of nitrogens with zero attached hydrogens (tertiary/aromatic N) is 2. The Hall–Kier alpha value is -0.750. The minimum absolute atomic E-state index is 0.269. The van der Waals surface area contributed by atoms with Crippen molar-refractivity contribution in [3.05, 3.63) is 0 Å². The van der Waals surface area contributed by atoms with Gasteiger partial charge in [-0.15, -0.1) is 0 Å². The van der Waals surface area contributed by atoms with Crippen LogP contribution in [0.2, 0.25) is 0 Å². The van der Waals surface area contributed by atoms with Gasteiger partial charge >= 0.3 is 0 Å². The topological polar surface area (TPSA) is 47.3 Å². The van der Waals surface area contributed by atoms with Crippen LogP contribution in [0.25, 0.3) is 0 Å². The molecule has 0 aromatic heterocycles. The van der Waals surface area contributed by atoms with E-state index in [1.54, 1.807) is 4.90 Å². The highest BCUT2D eigenvalue weighted by atomic mass is 16.3. The molecule has 1 rings (SSSR count). The van der Waals surface area contributed by atoms with Gasteiger partial charge in [-0.2, -0.15) is 5.26 Å². The number of nitriles is 1. The van der Waals surface area contributed by atoms with Crippen molar-refractivity contribution in [3.8, 4) is 6.19 Å². The number of aliphatic hydroxyl groups is 1. The summed E-state index contributed by atoms with van der Waals surface area (Å²) in [6.45, 7) is 8.96. The molecule has 86 valence electrons. The van der Waals surface area contributed by atoms with Gasteiger partial charge in [-0.25, -0.2) is 0 Å². The number of hydrogen-bond acceptors (Lipinski definition) is 3. The Morgan fingerprint density at radius 2 is 1.93 bits per heavy atom. The zero-order chi connectivity index (χ0) is 11.9. The quantitative estimate of drug-likeness (QED) is 0.569. The zero-order valence-corrected chi connectivity index (χ0v) is 10.4. The Kier molecular flexibility index (Phi) is 3.02. The first-order valence-corrected chi connectivity index (χ1v) is 5.51. The first-order valence-electron chi connectivity index (χ1n) is 5.51. The van der Waals surface area contributed by atoms with Crippen LogP contribution in [0.4, 0.5) is 0 Å². The van der Waals surface area contributed by atoms with Gasteiger partial charge in [-0.3, -0.25) is 0 Å². The minimum Gasteiger partial charge on any atom is -0.390 e. The first-order chi connectivity index (χ1) is 6.68. The van der Waals surface area contributed by atoms with E-state index in [0.717, 1.165) is 13.0 Å². The van der Waals surface area contributed by atoms with Crippen LogP contribution in [-0.4, -0.2) is 29.2 Å². The van der Waals surface area contributed by atoms with Crippen molar-refractivity contribution in [2.24, 2.45) is 17.3 Å². The average molecular weight is 210 g/mol. The molecule has 0 unspecified atom stereocenters. The van der Waals surface area contributed by atoms with Crippen LogP contribution in [0.3, 0.4) is 0 Å². The molecule has 1 N–H and O–H groups in total. The van der Waals surface area contributed by atoms with Crippen molar-refractivity contribution in [3.63, 3.8) is 0 Å². The first kappa shape index (κ1) is 12.3. The predicted octanol–water partition coefficient (Wildman–Crippen LogP) is 1.83. The fraction of sp³-hybridized carbons (Fsp3) is 0.917. The summed E-state index contributed by atoms with van der Waals surface area (Å²) >= 11 is 0. The van der Waals surface area contributed by atoms with Gasteiger partial charge < -0.3 is 10.0 Å². The smallest absolute Gasteiger partial charge is 0.179 e. The van der Waals surface area contributed by atoms with Crippen LogP contribution >= 0.6 is 0 Å². The highest BCUT2D eigenvalue weighted by molar-refractivity contribution is 5.07. The SMILES string of the molecule is CN(C#N)C[C@@H]1[C@H](CC(C)(C)O)C1(C)C. The van der Waals surface area contributed by atoms with Gasteiger partial charge in [0, 0.05) is 13.6 Å². The number of hydrogen-bond donors (Lipinski definition) is 1. The number of rotatable bonds is 4. The Labute approximate surface area is 92.7 Å². The van der Waals surface area contributed by atoms with E-state index in [1.807, 2.05) is 20.9 Å². The maximum Gasteiger partial charge on any atom is 0.179 e. The molecule has 0 heterocycles. The molecule has 1 saturated carbocycles. The molecule has 3 nitrogen and oxygen atoms in total. The third-order valence-corrected chi connectivity index (χ3v) is 3.65. The molecule has 0 radical (unpaired) electrons. The van der Waals surface area contributed by atoms with Crippen LogP contribution in [0, 0.1) is 28.7 Å². The van der Waals surface area contributed by atoms with E-state index in [-0.39, 0.29) is 5.41 Å². The third-order valence-electron chi connectivity index (χ3n) is 3.65. The summed E-state index contributed by atoms with van der Waals surface area (Å²) in [6, 6.07) is 0. The van der Waals surface area contributed by atoms with Gasteiger partial charge in [-0.05, 0) is 37.5 Å². The molecular weight excluding hydrogens is 188 g/mol. The fourth-order valence-corrected chi connectivity index (χ4v) is 2.50. The highest BCUT2D eigenvalue weighted by Crippen LogP contribution is 2.61. The summed E-state index contributed by atoms with van der Waals surface area (Å²) in [5.41, 5.74) is -0.326. The molecule has 3 heteroatoms. The van der Waals surface area contributed by atoms with E-state index >= 15 is 0 Å². The molecule has 0 saturated heterocycles. The Bertz CT molecular complexity index is 272. The second kappa shape index (κ2) is 3.68. The van der Waals surface area contributed by atoms with Gasteiger partial charge in [0.05, 0.1) is 5.60 Å². The molecule has 0 aliphatic heterocycles. The average Bonchev–Trinajstić information content (AvgIpc) is 2.53. The molecule has 1 aliphatic carbocycles. The van der Waals surface area contributed by atoms with E-state index < -0.39 is 5.60 Å². The second-order valence-corrected chi connectivity index (χ2v) is 6.03. The molecular formula is C12H22N2O. The monoisotopic (exact) mass is 210 g/mol. The molecule has 0 aromatic carbocycles. The molecule has 0 bridgehead atoms. The Morgan fingerprint density at radius 3 is 2.33 bits per heavy atom. The van der Waals surface area contributed by atoms with E-state index in [9.17, 15) is 5.11 Å². The van der Waals surface area contributed by atoms with Gasteiger partial charge in [-0.1, -0.05) is 13.8 Å². The summed E-state index contributed by atoms with van der Waals surface area (Å²) in [7, 11) is 1.82. The van der Waals surface area contributed by atoms with E-state index in [1.165, 1.54) is 0 Å². The van der Waals surface area contributed by atoms with Gasteiger partial charge in [0.25, 0.3) is 0 Å². The lowest BCUT2D eigenvalue weighted by molar-refractivity contribution is 0.0600. The summed E-state index contributed by atoms with van der Waals surface area (Å²) in [5.74, 6) is 1.07. The Balaban J connectivity index is 2.53. The molecule has 15 heavy (non-hydrogen) atoms. The summed E-state index contributed by atoms with van der Waals surface area (Å²) in [5, 5.41) is 18.5. The lowest BCUT2D eigenvalue weighted by Crippen LogP contribution is -2.21. The van der Waals surface area contributed by atoms with E-state index in [4.69, 9.17) is 5.26 Å². The molecule has 1 aliphatic rings. The van der Waals surface area contributed by atoms with Crippen molar-refractivity contribution < 1.29 is 5.11 Å². The van der Waals surface area contributed by atoms with E-state index in [0.29, 0.717) is 11.8 Å². The zero-order valence-electron chi connectivity index (χ0n) is 10.4. The molecule has 0 aromatic rings. The predicted molar refractivity (Wildman–Crippen MR) is 59.9 cm³/mol. The van der Waals surface area contributed by atoms with Crippen LogP contribution < -0.4 is 0 Å². The Morgan fingerprint density at radius 1 is 1.40 bits per heavy atom. The molecule has 2 atom stereocenters. The summed E-state index contributed by atoms with van der Waals surface area (Å²) < 4.78 is 0. The third kappa shape index (κ3) is 2.85. The van der Waals surface area contributed by atoms with E-state index in [2.05, 4.69) is 20.0 Å². The van der Waals surface area contributed by atoms with Crippen molar-refractivity contribution in [2.75, 3.05) is 13.6 Å². The summed E-state index contributed by atoms with van der Waals surface area (Å²) in [6.07, 6.45) is 2.95. The lowest BCUT2D eigenvalue weighted by atomic mass is 9.97. The van der Waals surface area contributed by atoms with Gasteiger partial charge in [0.1, 0.15) is 0 Å². The van der Waals surface area contributed by atoms with Gasteiger partial charge in [0.2, 0.25) is 0 Å². The second-order valence-electron chi connectivity index (χ2n) is 6.03. The normalized spacial score (nSPS) is 28.3. The maximum atomic E-state index is 9.79. The highest BCUT2D eigenvalue weighted by Gasteiger charge is 2.58. The van der Waals surface area contributed by atoms with Crippen molar-refractivity contribution >= 4 is 0 Å². The van der Waals surface area contributed by atoms with Crippen molar-refractivity contribution in [1.82, 2.24) is 4.90 Å². The largest absolute Gasteiger partial charge is 0.390 e. The van der Waals surface area contributed by atoms with Crippen LogP contribution in [0.15, 0.2) is 0 Å². The molecule has 0 spiro atoms. The molecule has 1 fully saturated rings. The standard InChI is InChI=1S/C12H22N2O/c1-11(2,15)6-9-10(12(9,3)4)7-14(5)8-13/h9-10,15H,6-7H2,1-5H3/t9-,10+/m0/s1. The van der Waals surface area contributed by atoms with Crippen LogP contribution in [-0.2, 0) is 0 Å². The summed E-state index contributed by atoms with van der Waals surface area (Å²) in [4.78, 5) is 1.68. The minimum atomic E-state index is -0.595. The van der Waals surface area contributed by atoms with Crippen molar-refractivity contribution in [1.29, 1.82) is 5.26 Å². The van der Waals surface area contributed by atoms with Crippen LogP contribution in [0.5, 0.6) is 0 Å². The fourth-order valence-electron chi connectivity index (χ4n) is 2.50.